The SMILES string of the molecule is C=Cc1cc(NCC(C)(C)O)c2ncc(-c3ccc(C(=O)NC4CC4)c(C)c3)n2n1. The van der Waals surface area contributed by atoms with Gasteiger partial charge in [0.25, 0.3) is 5.91 Å². The number of rotatable bonds is 7. The second kappa shape index (κ2) is 7.57. The number of anilines is 1. The zero-order valence-electron chi connectivity index (χ0n) is 17.6. The van der Waals surface area contributed by atoms with Crippen molar-refractivity contribution in [2.45, 2.75) is 45.3 Å². The van der Waals surface area contributed by atoms with Crippen LogP contribution in [0.4, 0.5) is 5.69 Å². The first-order chi connectivity index (χ1) is 14.2. The first-order valence-corrected chi connectivity index (χ1v) is 10.1. The number of carbonyl (C=O) groups excluding carboxylic acids is 1. The van der Waals surface area contributed by atoms with Gasteiger partial charge < -0.3 is 15.7 Å². The van der Waals surface area contributed by atoms with Gasteiger partial charge in [-0.05, 0) is 63.5 Å². The lowest BCUT2D eigenvalue weighted by atomic mass is 10.0. The number of imidazole rings is 1. The minimum absolute atomic E-state index is 0.0233. The van der Waals surface area contributed by atoms with Gasteiger partial charge in [-0.15, -0.1) is 0 Å². The molecule has 2 heterocycles. The first kappa shape index (κ1) is 20.1. The Hall–Kier alpha value is -3.19. The maximum Gasteiger partial charge on any atom is 0.251 e. The van der Waals surface area contributed by atoms with Gasteiger partial charge in [0.15, 0.2) is 5.65 Å². The molecule has 0 bridgehead atoms. The Morgan fingerprint density at radius 3 is 2.77 bits per heavy atom. The predicted molar refractivity (Wildman–Crippen MR) is 119 cm³/mol. The van der Waals surface area contributed by atoms with E-state index in [1.165, 1.54) is 0 Å². The summed E-state index contributed by atoms with van der Waals surface area (Å²) in [4.78, 5) is 17.0. The van der Waals surface area contributed by atoms with Crippen molar-refractivity contribution < 1.29 is 9.90 Å². The van der Waals surface area contributed by atoms with Crippen LogP contribution in [0, 0.1) is 6.92 Å². The van der Waals surface area contributed by atoms with Crippen LogP contribution in [0.25, 0.3) is 23.0 Å². The molecule has 3 aromatic rings. The van der Waals surface area contributed by atoms with Gasteiger partial charge in [-0.3, -0.25) is 4.79 Å². The summed E-state index contributed by atoms with van der Waals surface area (Å²) in [6.07, 6.45) is 5.57. The van der Waals surface area contributed by atoms with Crippen molar-refractivity contribution in [1.82, 2.24) is 19.9 Å². The largest absolute Gasteiger partial charge is 0.389 e. The highest BCUT2D eigenvalue weighted by atomic mass is 16.3. The molecule has 1 amide bonds. The number of benzene rings is 1. The molecule has 1 fully saturated rings. The fraction of sp³-hybridized carbons (Fsp3) is 0.348. The van der Waals surface area contributed by atoms with Gasteiger partial charge in [0.05, 0.1) is 28.9 Å². The molecule has 1 saturated carbocycles. The van der Waals surface area contributed by atoms with Crippen LogP contribution in [0.1, 0.15) is 48.3 Å². The molecule has 7 heteroatoms. The van der Waals surface area contributed by atoms with Crippen LogP contribution in [0.5, 0.6) is 0 Å². The molecule has 156 valence electrons. The fourth-order valence-corrected chi connectivity index (χ4v) is 3.29. The number of hydrogen-bond donors (Lipinski definition) is 3. The van der Waals surface area contributed by atoms with Gasteiger partial charge in [0.2, 0.25) is 0 Å². The summed E-state index contributed by atoms with van der Waals surface area (Å²) in [6.45, 7) is 9.63. The van der Waals surface area contributed by atoms with Crippen molar-refractivity contribution in [3.05, 3.63) is 53.9 Å². The van der Waals surface area contributed by atoms with Crippen molar-refractivity contribution >= 4 is 23.3 Å². The fourth-order valence-electron chi connectivity index (χ4n) is 3.29. The Morgan fingerprint density at radius 1 is 1.37 bits per heavy atom. The molecule has 4 rings (SSSR count). The van der Waals surface area contributed by atoms with Gasteiger partial charge >= 0.3 is 0 Å². The second-order valence-corrected chi connectivity index (χ2v) is 8.51. The normalized spacial score (nSPS) is 14.0. The molecule has 1 aliphatic rings. The van der Waals surface area contributed by atoms with Crippen LogP contribution < -0.4 is 10.6 Å². The zero-order valence-corrected chi connectivity index (χ0v) is 17.6. The maximum atomic E-state index is 12.4. The summed E-state index contributed by atoms with van der Waals surface area (Å²) < 4.78 is 1.77. The second-order valence-electron chi connectivity index (χ2n) is 8.51. The molecule has 1 aliphatic carbocycles. The number of nitrogens with zero attached hydrogens (tertiary/aromatic N) is 3. The summed E-state index contributed by atoms with van der Waals surface area (Å²) in [5.41, 5.74) is 4.59. The van der Waals surface area contributed by atoms with E-state index >= 15 is 0 Å². The molecule has 7 nitrogen and oxygen atoms in total. The highest BCUT2D eigenvalue weighted by molar-refractivity contribution is 5.96. The molecule has 0 spiro atoms. The number of aliphatic hydroxyl groups is 1. The summed E-state index contributed by atoms with van der Waals surface area (Å²) >= 11 is 0. The lowest BCUT2D eigenvalue weighted by Crippen LogP contribution is -2.29. The molecule has 0 atom stereocenters. The third-order valence-corrected chi connectivity index (χ3v) is 5.09. The van der Waals surface area contributed by atoms with Crippen molar-refractivity contribution in [2.75, 3.05) is 11.9 Å². The Bertz CT molecular complexity index is 1120. The molecule has 0 saturated heterocycles. The van der Waals surface area contributed by atoms with Crippen LogP contribution in [-0.2, 0) is 0 Å². The quantitative estimate of drug-likeness (QED) is 0.560. The first-order valence-electron chi connectivity index (χ1n) is 10.1. The molecular weight excluding hydrogens is 378 g/mol. The maximum absolute atomic E-state index is 12.4. The van der Waals surface area contributed by atoms with E-state index < -0.39 is 5.60 Å². The molecular formula is C23H27N5O2. The minimum Gasteiger partial charge on any atom is -0.389 e. The molecule has 2 aromatic heterocycles. The van der Waals surface area contributed by atoms with E-state index in [0.29, 0.717) is 29.5 Å². The van der Waals surface area contributed by atoms with E-state index in [1.807, 2.05) is 31.2 Å². The smallest absolute Gasteiger partial charge is 0.251 e. The number of aromatic nitrogens is 3. The van der Waals surface area contributed by atoms with Crippen molar-refractivity contribution in [1.29, 1.82) is 0 Å². The lowest BCUT2D eigenvalue weighted by Gasteiger charge is -2.19. The van der Waals surface area contributed by atoms with E-state index in [-0.39, 0.29) is 5.91 Å². The third-order valence-electron chi connectivity index (χ3n) is 5.09. The molecule has 0 aliphatic heterocycles. The zero-order chi connectivity index (χ0) is 21.5. The minimum atomic E-state index is -0.863. The molecule has 3 N–H and O–H groups in total. The van der Waals surface area contributed by atoms with Gasteiger partial charge in [-0.1, -0.05) is 12.6 Å². The van der Waals surface area contributed by atoms with Crippen LogP contribution >= 0.6 is 0 Å². The van der Waals surface area contributed by atoms with Crippen LogP contribution in [0.15, 0.2) is 37.0 Å². The highest BCUT2D eigenvalue weighted by Crippen LogP contribution is 2.27. The number of amides is 1. The topological polar surface area (TPSA) is 91.5 Å². The van der Waals surface area contributed by atoms with Crippen molar-refractivity contribution in [3.8, 4) is 11.3 Å². The van der Waals surface area contributed by atoms with Crippen LogP contribution in [0.3, 0.4) is 0 Å². The third kappa shape index (κ3) is 4.21. The van der Waals surface area contributed by atoms with E-state index in [1.54, 1.807) is 30.6 Å². The number of carbonyl (C=O) groups is 1. The summed E-state index contributed by atoms with van der Waals surface area (Å²) in [5, 5.41) is 21.0. The Balaban J connectivity index is 1.71. The van der Waals surface area contributed by atoms with Gasteiger partial charge in [-0.2, -0.15) is 5.10 Å². The van der Waals surface area contributed by atoms with E-state index in [0.717, 1.165) is 35.3 Å². The standard InChI is InChI=1S/C23H27N5O2/c1-5-16-11-19(25-13-23(3,4)30)21-24-12-20(28(21)27-16)15-6-9-18(14(2)10-15)22(29)26-17-7-8-17/h5-6,9-12,17,25,30H,1,7-8,13H2,2-4H3,(H,26,29). The highest BCUT2D eigenvalue weighted by Gasteiger charge is 2.24. The Labute approximate surface area is 175 Å². The Morgan fingerprint density at radius 2 is 2.13 bits per heavy atom. The molecule has 0 unspecified atom stereocenters. The Kier molecular flexibility index (Phi) is 5.07. The average Bonchev–Trinajstić information content (AvgIpc) is 3.40. The molecule has 1 aromatic carbocycles. The number of fused-ring (bicyclic) bond motifs is 1. The monoisotopic (exact) mass is 405 g/mol. The van der Waals surface area contributed by atoms with E-state index in [4.69, 9.17) is 0 Å². The van der Waals surface area contributed by atoms with Gasteiger partial charge in [-0.25, -0.2) is 9.50 Å². The molecule has 0 radical (unpaired) electrons. The summed E-state index contributed by atoms with van der Waals surface area (Å²) in [5.74, 6) is -0.0233. The van der Waals surface area contributed by atoms with Crippen molar-refractivity contribution in [2.24, 2.45) is 0 Å². The van der Waals surface area contributed by atoms with Gasteiger partial charge in [0, 0.05) is 23.7 Å². The number of hydrogen-bond acceptors (Lipinski definition) is 5. The summed E-state index contributed by atoms with van der Waals surface area (Å²) in [6, 6.07) is 7.95. The predicted octanol–water partition coefficient (Wildman–Crippen LogP) is 3.42. The van der Waals surface area contributed by atoms with Crippen LogP contribution in [-0.4, -0.2) is 43.8 Å². The number of aryl methyl sites for hydroxylation is 1. The number of nitrogens with one attached hydrogen (secondary N) is 2. The van der Waals surface area contributed by atoms with E-state index in [9.17, 15) is 9.90 Å². The van der Waals surface area contributed by atoms with Crippen LogP contribution in [0.2, 0.25) is 0 Å². The average molecular weight is 406 g/mol. The van der Waals surface area contributed by atoms with Gasteiger partial charge in [0.1, 0.15) is 0 Å². The van der Waals surface area contributed by atoms with E-state index in [2.05, 4.69) is 27.3 Å². The molecule has 30 heavy (non-hydrogen) atoms. The van der Waals surface area contributed by atoms with Crippen molar-refractivity contribution in [3.63, 3.8) is 0 Å². The lowest BCUT2D eigenvalue weighted by molar-refractivity contribution is 0.0940. The summed E-state index contributed by atoms with van der Waals surface area (Å²) in [7, 11) is 0.